The molecule has 8 nitrogen and oxygen atoms in total. The molecule has 0 spiro atoms. The molecule has 3 aromatic rings. The normalized spacial score (nSPS) is 17.1. The molecule has 1 atom stereocenters. The van der Waals surface area contributed by atoms with Gasteiger partial charge in [0.25, 0.3) is 0 Å². The Labute approximate surface area is 203 Å². The Balaban J connectivity index is 0.000000459. The van der Waals surface area contributed by atoms with Crippen LogP contribution in [0.1, 0.15) is 37.1 Å². The highest BCUT2D eigenvalue weighted by atomic mass is 35.5. The number of piperazine rings is 1. The van der Waals surface area contributed by atoms with Gasteiger partial charge < -0.3 is 15.1 Å². The number of carbonyl (C=O) groups excluding carboxylic acids is 1. The quantitative estimate of drug-likeness (QED) is 0.562. The lowest BCUT2D eigenvalue weighted by molar-refractivity contribution is -0.118. The number of benzene rings is 1. The van der Waals surface area contributed by atoms with Crippen LogP contribution in [0.2, 0.25) is 10.0 Å². The number of fused-ring (bicyclic) bond motifs is 1. The smallest absolute Gasteiger partial charge is 0.209 e. The van der Waals surface area contributed by atoms with Gasteiger partial charge in [0.05, 0.1) is 17.9 Å². The number of halogens is 2. The second-order valence-corrected chi connectivity index (χ2v) is 9.20. The van der Waals surface area contributed by atoms with Gasteiger partial charge in [-0.3, -0.25) is 4.79 Å². The third-order valence-electron chi connectivity index (χ3n) is 6.08. The minimum absolute atomic E-state index is 0.127. The van der Waals surface area contributed by atoms with E-state index in [9.17, 15) is 4.79 Å². The molecule has 0 aliphatic carbocycles. The van der Waals surface area contributed by atoms with Gasteiger partial charge in [-0.15, -0.1) is 0 Å². The lowest BCUT2D eigenvalue weighted by Crippen LogP contribution is -2.46. The molecule has 5 rings (SSSR count). The van der Waals surface area contributed by atoms with E-state index < -0.39 is 0 Å². The second kappa shape index (κ2) is 10.7. The van der Waals surface area contributed by atoms with Crippen molar-refractivity contribution < 1.29 is 4.79 Å². The molecule has 4 heterocycles. The third kappa shape index (κ3) is 5.39. The first-order chi connectivity index (χ1) is 16.0. The van der Waals surface area contributed by atoms with Crippen LogP contribution in [0.3, 0.4) is 0 Å². The van der Waals surface area contributed by atoms with Gasteiger partial charge in [-0.1, -0.05) is 29.3 Å². The molecule has 2 aliphatic heterocycles. The van der Waals surface area contributed by atoms with Gasteiger partial charge in [-0.05, 0) is 57.5 Å². The molecule has 0 bridgehead atoms. The molecule has 1 N–H and O–H groups in total. The first-order valence-corrected chi connectivity index (χ1v) is 12.1. The van der Waals surface area contributed by atoms with Crippen molar-refractivity contribution in [3.05, 3.63) is 45.7 Å². The SMILES string of the molecule is C1CCNC1.Cc1nn(C(C)c2ccc(Cl)cc2Cl)c2nc(N3CCN(C=O)CC3)cnc12. The Morgan fingerprint density at radius 2 is 1.85 bits per heavy atom. The maximum absolute atomic E-state index is 10.9. The summed E-state index contributed by atoms with van der Waals surface area (Å²) >= 11 is 12.4. The molecule has 176 valence electrons. The molecule has 1 unspecified atom stereocenters. The highest BCUT2D eigenvalue weighted by Crippen LogP contribution is 2.31. The van der Waals surface area contributed by atoms with Crippen LogP contribution in [0.15, 0.2) is 24.4 Å². The predicted octanol–water partition coefficient (Wildman–Crippen LogP) is 3.70. The Bertz CT molecular complexity index is 1100. The van der Waals surface area contributed by atoms with E-state index in [-0.39, 0.29) is 6.04 Å². The monoisotopic (exact) mass is 489 g/mol. The number of hydrogen-bond donors (Lipinski definition) is 1. The van der Waals surface area contributed by atoms with E-state index in [0.29, 0.717) is 28.8 Å². The summed E-state index contributed by atoms with van der Waals surface area (Å²) in [7, 11) is 0. The summed E-state index contributed by atoms with van der Waals surface area (Å²) in [4.78, 5) is 24.3. The van der Waals surface area contributed by atoms with E-state index in [0.717, 1.165) is 42.1 Å². The minimum Gasteiger partial charge on any atom is -0.352 e. The number of amides is 1. The highest BCUT2D eigenvalue weighted by molar-refractivity contribution is 6.35. The highest BCUT2D eigenvalue weighted by Gasteiger charge is 2.22. The van der Waals surface area contributed by atoms with Gasteiger partial charge >= 0.3 is 0 Å². The van der Waals surface area contributed by atoms with E-state index in [1.54, 1.807) is 17.2 Å². The second-order valence-electron chi connectivity index (χ2n) is 8.36. The number of aromatic nitrogens is 4. The topological polar surface area (TPSA) is 79.2 Å². The molecule has 2 aliphatic rings. The van der Waals surface area contributed by atoms with Crippen LogP contribution in [-0.2, 0) is 4.79 Å². The number of hydrogen-bond acceptors (Lipinski definition) is 6. The van der Waals surface area contributed by atoms with E-state index in [1.807, 2.05) is 30.7 Å². The average Bonchev–Trinajstić information content (AvgIpc) is 3.51. The van der Waals surface area contributed by atoms with Crippen LogP contribution >= 0.6 is 23.2 Å². The van der Waals surface area contributed by atoms with Gasteiger partial charge in [0.2, 0.25) is 6.41 Å². The average molecular weight is 490 g/mol. The summed E-state index contributed by atoms with van der Waals surface area (Å²) in [6, 6.07) is 5.34. The van der Waals surface area contributed by atoms with Crippen LogP contribution in [0.25, 0.3) is 11.2 Å². The fourth-order valence-corrected chi connectivity index (χ4v) is 4.68. The van der Waals surface area contributed by atoms with Crippen molar-refractivity contribution >= 4 is 46.6 Å². The Kier molecular flexibility index (Phi) is 7.67. The fourth-order valence-electron chi connectivity index (χ4n) is 4.12. The number of rotatable bonds is 4. The van der Waals surface area contributed by atoms with Crippen molar-refractivity contribution in [1.29, 1.82) is 0 Å². The number of anilines is 1. The summed E-state index contributed by atoms with van der Waals surface area (Å²) in [5.74, 6) is 0.786. The molecule has 33 heavy (non-hydrogen) atoms. The van der Waals surface area contributed by atoms with Crippen molar-refractivity contribution in [1.82, 2.24) is 30.0 Å². The summed E-state index contributed by atoms with van der Waals surface area (Å²) in [6.45, 7) is 9.26. The van der Waals surface area contributed by atoms with E-state index >= 15 is 0 Å². The summed E-state index contributed by atoms with van der Waals surface area (Å²) in [6.07, 6.45) is 5.44. The van der Waals surface area contributed by atoms with Crippen LogP contribution in [0, 0.1) is 6.92 Å². The van der Waals surface area contributed by atoms with Crippen LogP contribution in [0.5, 0.6) is 0 Å². The molecule has 2 aromatic heterocycles. The summed E-state index contributed by atoms with van der Waals surface area (Å²) in [5, 5.41) is 9.08. The molecule has 1 amide bonds. The molecule has 1 aromatic carbocycles. The predicted molar refractivity (Wildman–Crippen MR) is 132 cm³/mol. The summed E-state index contributed by atoms with van der Waals surface area (Å²) in [5.41, 5.74) is 3.22. The van der Waals surface area contributed by atoms with Crippen molar-refractivity contribution in [2.24, 2.45) is 0 Å². The third-order valence-corrected chi connectivity index (χ3v) is 6.65. The fraction of sp³-hybridized carbons (Fsp3) is 0.478. The van der Waals surface area contributed by atoms with Crippen LogP contribution in [-0.4, -0.2) is 70.3 Å². The number of carbonyl (C=O) groups is 1. The molecule has 2 saturated heterocycles. The van der Waals surface area contributed by atoms with Gasteiger partial charge in [0, 0.05) is 36.2 Å². The molecule has 2 fully saturated rings. The molecule has 0 radical (unpaired) electrons. The Morgan fingerprint density at radius 3 is 2.45 bits per heavy atom. The van der Waals surface area contributed by atoms with Gasteiger partial charge in [0.15, 0.2) is 5.65 Å². The van der Waals surface area contributed by atoms with Crippen molar-refractivity contribution in [2.75, 3.05) is 44.2 Å². The lowest BCUT2D eigenvalue weighted by Gasteiger charge is -2.33. The molecule has 0 saturated carbocycles. The van der Waals surface area contributed by atoms with Gasteiger partial charge in [-0.25, -0.2) is 14.6 Å². The zero-order valence-electron chi connectivity index (χ0n) is 19.0. The first kappa shape index (κ1) is 23.7. The van der Waals surface area contributed by atoms with E-state index in [4.69, 9.17) is 28.2 Å². The standard InChI is InChI=1S/C19H20Cl2N6O.C4H9N/c1-12-18-19(23-17(10-22-18)26-7-5-25(11-28)6-8-26)27(24-12)13(2)15-4-3-14(20)9-16(15)21;1-2-4-5-3-1/h3-4,9-11,13H,5-8H2,1-2H3;5H,1-4H2. The maximum Gasteiger partial charge on any atom is 0.209 e. The van der Waals surface area contributed by atoms with Crippen molar-refractivity contribution in [3.63, 3.8) is 0 Å². The van der Waals surface area contributed by atoms with E-state index in [2.05, 4.69) is 20.3 Å². The molecular weight excluding hydrogens is 461 g/mol. The lowest BCUT2D eigenvalue weighted by atomic mass is 10.1. The largest absolute Gasteiger partial charge is 0.352 e. The van der Waals surface area contributed by atoms with Gasteiger partial charge in [0.1, 0.15) is 11.3 Å². The van der Waals surface area contributed by atoms with Crippen LogP contribution in [0.4, 0.5) is 5.82 Å². The number of aryl methyl sites for hydroxylation is 1. The zero-order valence-corrected chi connectivity index (χ0v) is 20.5. The van der Waals surface area contributed by atoms with Gasteiger partial charge in [-0.2, -0.15) is 5.10 Å². The zero-order chi connectivity index (χ0) is 23.4. The number of nitrogens with one attached hydrogen (secondary N) is 1. The van der Waals surface area contributed by atoms with Crippen molar-refractivity contribution in [2.45, 2.75) is 32.7 Å². The Morgan fingerprint density at radius 1 is 1.12 bits per heavy atom. The van der Waals surface area contributed by atoms with Crippen LogP contribution < -0.4 is 10.2 Å². The minimum atomic E-state index is -0.127. The van der Waals surface area contributed by atoms with E-state index in [1.165, 1.54) is 25.9 Å². The molecular formula is C23H29Cl2N7O. The maximum atomic E-state index is 10.9. The number of nitrogens with zero attached hydrogens (tertiary/aromatic N) is 6. The Hall–Kier alpha value is -2.42. The molecule has 10 heteroatoms. The first-order valence-electron chi connectivity index (χ1n) is 11.3. The van der Waals surface area contributed by atoms with Crippen molar-refractivity contribution in [3.8, 4) is 0 Å². The summed E-state index contributed by atoms with van der Waals surface area (Å²) < 4.78 is 1.86.